The third-order valence-corrected chi connectivity index (χ3v) is 4.50. The molecular formula is C15H17Cl2N3O. The van der Waals surface area contributed by atoms with E-state index in [2.05, 4.69) is 11.9 Å². The van der Waals surface area contributed by atoms with Gasteiger partial charge in [0.25, 0.3) is 0 Å². The highest BCUT2D eigenvalue weighted by Crippen LogP contribution is 2.28. The lowest BCUT2D eigenvalue weighted by molar-refractivity contribution is -0.133. The lowest BCUT2D eigenvalue weighted by Gasteiger charge is -2.32. The maximum absolute atomic E-state index is 12.4. The summed E-state index contributed by atoms with van der Waals surface area (Å²) in [5.74, 6) is 0.136. The average molecular weight is 326 g/mol. The van der Waals surface area contributed by atoms with Gasteiger partial charge >= 0.3 is 0 Å². The summed E-state index contributed by atoms with van der Waals surface area (Å²) < 4.78 is 1.91. The Hall–Kier alpha value is -1.23. The quantitative estimate of drug-likeness (QED) is 0.849. The fraction of sp³-hybridized carbons (Fsp3) is 0.400. The number of fused-ring (bicyclic) bond motifs is 1. The van der Waals surface area contributed by atoms with Crippen LogP contribution in [0.4, 0.5) is 0 Å². The van der Waals surface area contributed by atoms with Crippen LogP contribution in [-0.2, 0) is 11.3 Å². The normalized spacial score (nSPS) is 16.6. The van der Waals surface area contributed by atoms with Crippen LogP contribution in [0.5, 0.6) is 0 Å². The van der Waals surface area contributed by atoms with Gasteiger partial charge in [0.05, 0.1) is 10.5 Å². The predicted octanol–water partition coefficient (Wildman–Crippen LogP) is 2.72. The monoisotopic (exact) mass is 325 g/mol. The summed E-state index contributed by atoms with van der Waals surface area (Å²) in [7, 11) is 2.07. The molecule has 1 saturated heterocycles. The van der Waals surface area contributed by atoms with Crippen molar-refractivity contribution >= 4 is 40.0 Å². The van der Waals surface area contributed by atoms with Crippen LogP contribution in [0.15, 0.2) is 24.4 Å². The van der Waals surface area contributed by atoms with Crippen LogP contribution in [0, 0.1) is 0 Å². The Labute approximate surface area is 133 Å². The summed E-state index contributed by atoms with van der Waals surface area (Å²) in [5.41, 5.74) is 0.898. The number of aromatic nitrogens is 1. The fourth-order valence-corrected chi connectivity index (χ4v) is 3.20. The minimum atomic E-state index is 0.136. The number of piperazine rings is 1. The Morgan fingerprint density at radius 2 is 1.90 bits per heavy atom. The van der Waals surface area contributed by atoms with E-state index >= 15 is 0 Å². The molecule has 3 rings (SSSR count). The molecule has 1 amide bonds. The SMILES string of the molecule is CN1CCN(C(=O)Cn2ccc3c(Cl)cc(Cl)cc32)CC1. The number of likely N-dealkylation sites (N-methyl/N-ethyl adjacent to an activating group) is 1. The number of nitrogens with zero attached hydrogens (tertiary/aromatic N) is 3. The molecule has 1 fully saturated rings. The average Bonchev–Trinajstić information content (AvgIpc) is 2.83. The first-order valence-electron chi connectivity index (χ1n) is 6.95. The maximum atomic E-state index is 12.4. The van der Waals surface area contributed by atoms with Crippen molar-refractivity contribution in [3.63, 3.8) is 0 Å². The molecule has 0 unspecified atom stereocenters. The van der Waals surface area contributed by atoms with Crippen molar-refractivity contribution in [3.05, 3.63) is 34.4 Å². The lowest BCUT2D eigenvalue weighted by Crippen LogP contribution is -2.48. The van der Waals surface area contributed by atoms with Crippen LogP contribution in [0.2, 0.25) is 10.0 Å². The highest BCUT2D eigenvalue weighted by molar-refractivity contribution is 6.38. The van der Waals surface area contributed by atoms with Crippen LogP contribution >= 0.6 is 23.2 Å². The van der Waals surface area contributed by atoms with Gasteiger partial charge in [0.1, 0.15) is 6.54 Å². The molecule has 0 atom stereocenters. The number of hydrogen-bond donors (Lipinski definition) is 0. The summed E-state index contributed by atoms with van der Waals surface area (Å²) in [5, 5.41) is 2.12. The number of rotatable bonds is 2. The molecule has 1 aliphatic heterocycles. The Kier molecular flexibility index (Phi) is 4.11. The molecule has 0 N–H and O–H groups in total. The highest BCUT2D eigenvalue weighted by Gasteiger charge is 2.19. The van der Waals surface area contributed by atoms with Crippen LogP contribution in [-0.4, -0.2) is 53.5 Å². The minimum Gasteiger partial charge on any atom is -0.339 e. The molecular weight excluding hydrogens is 309 g/mol. The molecule has 21 heavy (non-hydrogen) atoms. The zero-order valence-electron chi connectivity index (χ0n) is 11.9. The van der Waals surface area contributed by atoms with E-state index in [0.717, 1.165) is 37.1 Å². The Morgan fingerprint density at radius 3 is 2.62 bits per heavy atom. The Balaban J connectivity index is 1.80. The summed E-state index contributed by atoms with van der Waals surface area (Å²) >= 11 is 12.2. The standard InChI is InChI=1S/C15H17Cl2N3O/c1-18-4-6-19(7-5-18)15(21)10-20-3-2-12-13(17)8-11(16)9-14(12)20/h2-3,8-9H,4-7,10H2,1H3. The molecule has 0 aliphatic carbocycles. The second kappa shape index (κ2) is 5.87. The topological polar surface area (TPSA) is 28.5 Å². The second-order valence-electron chi connectivity index (χ2n) is 5.45. The largest absolute Gasteiger partial charge is 0.339 e. The zero-order chi connectivity index (χ0) is 15.0. The van der Waals surface area contributed by atoms with Gasteiger partial charge in [-0.15, -0.1) is 0 Å². The lowest BCUT2D eigenvalue weighted by atomic mass is 10.2. The fourth-order valence-electron chi connectivity index (χ4n) is 2.66. The summed E-state index contributed by atoms with van der Waals surface area (Å²) in [6.07, 6.45) is 1.89. The third kappa shape index (κ3) is 3.03. The number of halogens is 2. The van der Waals surface area contributed by atoms with Gasteiger partial charge in [-0.2, -0.15) is 0 Å². The molecule has 1 aromatic carbocycles. The second-order valence-corrected chi connectivity index (χ2v) is 6.29. The summed E-state index contributed by atoms with van der Waals surface area (Å²) in [4.78, 5) is 16.6. The molecule has 1 aliphatic rings. The predicted molar refractivity (Wildman–Crippen MR) is 86.0 cm³/mol. The van der Waals surface area contributed by atoms with Crippen LogP contribution in [0.3, 0.4) is 0 Å². The van der Waals surface area contributed by atoms with E-state index in [1.165, 1.54) is 0 Å². The number of carbonyl (C=O) groups excluding carboxylic acids is 1. The number of benzene rings is 1. The molecule has 0 spiro atoms. The van der Waals surface area contributed by atoms with Gasteiger partial charge in [0, 0.05) is 42.8 Å². The van der Waals surface area contributed by atoms with Crippen molar-refractivity contribution in [2.45, 2.75) is 6.54 Å². The van der Waals surface area contributed by atoms with Gasteiger partial charge in [-0.05, 0) is 25.2 Å². The highest BCUT2D eigenvalue weighted by atomic mass is 35.5. The molecule has 6 heteroatoms. The van der Waals surface area contributed by atoms with E-state index in [-0.39, 0.29) is 5.91 Å². The molecule has 2 heterocycles. The van der Waals surface area contributed by atoms with Crippen molar-refractivity contribution in [2.24, 2.45) is 0 Å². The molecule has 1 aromatic heterocycles. The van der Waals surface area contributed by atoms with E-state index in [4.69, 9.17) is 23.2 Å². The number of carbonyl (C=O) groups is 1. The van der Waals surface area contributed by atoms with Crippen LogP contribution in [0.25, 0.3) is 10.9 Å². The van der Waals surface area contributed by atoms with Gasteiger partial charge in [0.15, 0.2) is 0 Å². The Morgan fingerprint density at radius 1 is 1.19 bits per heavy atom. The molecule has 0 radical (unpaired) electrons. The Bertz CT molecular complexity index is 675. The van der Waals surface area contributed by atoms with Gasteiger partial charge in [-0.25, -0.2) is 0 Å². The first-order chi connectivity index (χ1) is 10.0. The van der Waals surface area contributed by atoms with E-state index in [1.54, 1.807) is 6.07 Å². The van der Waals surface area contributed by atoms with Gasteiger partial charge in [-0.1, -0.05) is 23.2 Å². The maximum Gasteiger partial charge on any atom is 0.242 e. The van der Waals surface area contributed by atoms with Crippen molar-refractivity contribution in [1.29, 1.82) is 0 Å². The molecule has 0 bridgehead atoms. The van der Waals surface area contributed by atoms with E-state index in [1.807, 2.05) is 27.8 Å². The number of amides is 1. The van der Waals surface area contributed by atoms with E-state index < -0.39 is 0 Å². The van der Waals surface area contributed by atoms with Crippen molar-refractivity contribution < 1.29 is 4.79 Å². The van der Waals surface area contributed by atoms with Gasteiger partial charge in [-0.3, -0.25) is 4.79 Å². The summed E-state index contributed by atoms with van der Waals surface area (Å²) in [6.45, 7) is 3.75. The van der Waals surface area contributed by atoms with Gasteiger partial charge in [0.2, 0.25) is 5.91 Å². The molecule has 0 saturated carbocycles. The van der Waals surface area contributed by atoms with E-state index in [9.17, 15) is 4.79 Å². The first kappa shape index (κ1) is 14.7. The van der Waals surface area contributed by atoms with Gasteiger partial charge < -0.3 is 14.4 Å². The summed E-state index contributed by atoms with van der Waals surface area (Å²) in [6, 6.07) is 5.49. The number of hydrogen-bond acceptors (Lipinski definition) is 2. The smallest absolute Gasteiger partial charge is 0.242 e. The minimum absolute atomic E-state index is 0.136. The van der Waals surface area contributed by atoms with Crippen molar-refractivity contribution in [1.82, 2.24) is 14.4 Å². The van der Waals surface area contributed by atoms with Crippen LogP contribution < -0.4 is 0 Å². The van der Waals surface area contributed by atoms with Crippen molar-refractivity contribution in [3.8, 4) is 0 Å². The third-order valence-electron chi connectivity index (χ3n) is 3.96. The zero-order valence-corrected chi connectivity index (χ0v) is 13.4. The molecule has 4 nitrogen and oxygen atoms in total. The molecule has 2 aromatic rings. The van der Waals surface area contributed by atoms with E-state index in [0.29, 0.717) is 16.6 Å². The first-order valence-corrected chi connectivity index (χ1v) is 7.70. The van der Waals surface area contributed by atoms with Crippen LogP contribution in [0.1, 0.15) is 0 Å². The molecule has 112 valence electrons. The van der Waals surface area contributed by atoms with Crippen molar-refractivity contribution in [2.75, 3.05) is 33.2 Å².